The van der Waals surface area contributed by atoms with Crippen molar-refractivity contribution < 1.29 is 4.79 Å². The van der Waals surface area contributed by atoms with E-state index in [0.717, 1.165) is 12.8 Å². The Kier molecular flexibility index (Phi) is 2.69. The van der Waals surface area contributed by atoms with E-state index in [1.807, 2.05) is 6.92 Å². The Morgan fingerprint density at radius 1 is 1.64 bits per heavy atom. The number of nitrogens with two attached hydrogens (primary N) is 1. The zero-order chi connectivity index (χ0) is 8.27. The summed E-state index contributed by atoms with van der Waals surface area (Å²) in [6.45, 7) is 1.89. The highest BCUT2D eigenvalue weighted by atomic mass is 16.1. The average molecular weight is 153 g/mol. The molecule has 62 valence electrons. The van der Waals surface area contributed by atoms with Crippen molar-refractivity contribution in [1.82, 2.24) is 0 Å². The van der Waals surface area contributed by atoms with Gasteiger partial charge in [-0.15, -0.1) is 0 Å². The predicted octanol–water partition coefficient (Wildman–Crippen LogP) is 1.61. The van der Waals surface area contributed by atoms with Crippen LogP contribution in [-0.2, 0) is 4.79 Å². The molecule has 1 unspecified atom stereocenters. The van der Waals surface area contributed by atoms with E-state index in [1.165, 1.54) is 18.4 Å². The topological polar surface area (TPSA) is 43.1 Å². The van der Waals surface area contributed by atoms with Crippen LogP contribution in [0.2, 0.25) is 0 Å². The molecule has 1 atom stereocenters. The quantitative estimate of drug-likeness (QED) is 0.602. The first-order valence-corrected chi connectivity index (χ1v) is 4.20. The molecule has 0 bridgehead atoms. The van der Waals surface area contributed by atoms with Gasteiger partial charge in [0.05, 0.1) is 5.92 Å². The third kappa shape index (κ3) is 2.07. The number of carbonyl (C=O) groups excluding carboxylic acids is 1. The number of allylic oxidation sites excluding steroid dienone is 1. The molecular weight excluding hydrogens is 138 g/mol. The van der Waals surface area contributed by atoms with Crippen LogP contribution in [0.5, 0.6) is 0 Å². The number of primary amides is 1. The van der Waals surface area contributed by atoms with E-state index in [9.17, 15) is 4.79 Å². The van der Waals surface area contributed by atoms with Gasteiger partial charge in [0.15, 0.2) is 0 Å². The molecule has 0 aromatic carbocycles. The van der Waals surface area contributed by atoms with Gasteiger partial charge in [0.1, 0.15) is 0 Å². The lowest BCUT2D eigenvalue weighted by Crippen LogP contribution is -2.22. The molecule has 1 rings (SSSR count). The largest absolute Gasteiger partial charge is 0.369 e. The fraction of sp³-hybridized carbons (Fsp3) is 0.667. The predicted molar refractivity (Wildman–Crippen MR) is 44.9 cm³/mol. The van der Waals surface area contributed by atoms with Gasteiger partial charge in [-0.2, -0.15) is 0 Å². The van der Waals surface area contributed by atoms with E-state index in [4.69, 9.17) is 5.73 Å². The Balaban J connectivity index is 2.58. The lowest BCUT2D eigenvalue weighted by atomic mass is 9.90. The van der Waals surface area contributed by atoms with Gasteiger partial charge in [-0.05, 0) is 32.6 Å². The number of hydrogen-bond donors (Lipinski definition) is 1. The minimum Gasteiger partial charge on any atom is -0.369 e. The van der Waals surface area contributed by atoms with Crippen molar-refractivity contribution in [2.75, 3.05) is 0 Å². The molecule has 0 aliphatic heterocycles. The Bertz CT molecular complexity index is 184. The molecule has 0 aromatic rings. The zero-order valence-corrected chi connectivity index (χ0v) is 6.97. The normalized spacial score (nSPS) is 20.6. The highest BCUT2D eigenvalue weighted by Crippen LogP contribution is 2.23. The molecule has 1 aliphatic carbocycles. The summed E-state index contributed by atoms with van der Waals surface area (Å²) in [4.78, 5) is 10.8. The van der Waals surface area contributed by atoms with Gasteiger partial charge >= 0.3 is 0 Å². The van der Waals surface area contributed by atoms with Crippen molar-refractivity contribution in [1.29, 1.82) is 0 Å². The Labute approximate surface area is 67.5 Å². The van der Waals surface area contributed by atoms with E-state index in [0.29, 0.717) is 0 Å². The Morgan fingerprint density at radius 2 is 2.36 bits per heavy atom. The van der Waals surface area contributed by atoms with Gasteiger partial charge in [-0.3, -0.25) is 4.79 Å². The maximum atomic E-state index is 10.8. The molecule has 11 heavy (non-hydrogen) atoms. The zero-order valence-electron chi connectivity index (χ0n) is 6.97. The van der Waals surface area contributed by atoms with E-state index >= 15 is 0 Å². The molecular formula is C9H15NO. The summed E-state index contributed by atoms with van der Waals surface area (Å²) in [6.07, 6.45) is 6.81. The summed E-state index contributed by atoms with van der Waals surface area (Å²) >= 11 is 0. The van der Waals surface area contributed by atoms with Crippen molar-refractivity contribution in [3.05, 3.63) is 11.6 Å². The van der Waals surface area contributed by atoms with Crippen LogP contribution in [-0.4, -0.2) is 5.91 Å². The second kappa shape index (κ2) is 3.56. The first kappa shape index (κ1) is 8.31. The molecule has 0 heterocycles. The highest BCUT2D eigenvalue weighted by Gasteiger charge is 2.15. The van der Waals surface area contributed by atoms with Crippen molar-refractivity contribution >= 4 is 5.91 Å². The lowest BCUT2D eigenvalue weighted by molar-refractivity contribution is -0.120. The van der Waals surface area contributed by atoms with E-state index < -0.39 is 0 Å². The summed E-state index contributed by atoms with van der Waals surface area (Å²) in [6, 6.07) is 0. The molecule has 0 saturated carbocycles. The number of rotatable bonds is 2. The smallest absolute Gasteiger partial charge is 0.224 e. The fourth-order valence-corrected chi connectivity index (χ4v) is 1.44. The van der Waals surface area contributed by atoms with Crippen molar-refractivity contribution in [2.45, 2.75) is 32.6 Å². The van der Waals surface area contributed by atoms with Gasteiger partial charge in [-0.25, -0.2) is 0 Å². The van der Waals surface area contributed by atoms with Crippen LogP contribution in [0, 0.1) is 5.92 Å². The molecule has 0 saturated heterocycles. The Morgan fingerprint density at radius 3 is 2.82 bits per heavy atom. The second-order valence-corrected chi connectivity index (χ2v) is 3.15. The van der Waals surface area contributed by atoms with Gasteiger partial charge < -0.3 is 5.73 Å². The third-order valence-corrected chi connectivity index (χ3v) is 2.31. The number of amides is 1. The molecule has 0 spiro atoms. The van der Waals surface area contributed by atoms with Crippen molar-refractivity contribution in [2.24, 2.45) is 11.7 Å². The van der Waals surface area contributed by atoms with Gasteiger partial charge in [0.25, 0.3) is 0 Å². The monoisotopic (exact) mass is 153 g/mol. The first-order chi connectivity index (χ1) is 5.22. The van der Waals surface area contributed by atoms with Crippen LogP contribution >= 0.6 is 0 Å². The molecule has 2 N–H and O–H groups in total. The number of hydrogen-bond acceptors (Lipinski definition) is 1. The summed E-state index contributed by atoms with van der Waals surface area (Å²) in [5, 5.41) is 0. The minimum atomic E-state index is -0.196. The third-order valence-electron chi connectivity index (χ3n) is 2.31. The molecule has 2 nitrogen and oxygen atoms in total. The van der Waals surface area contributed by atoms with Gasteiger partial charge in [0, 0.05) is 0 Å². The Hall–Kier alpha value is -0.790. The highest BCUT2D eigenvalue weighted by molar-refractivity contribution is 5.79. The lowest BCUT2D eigenvalue weighted by Gasteiger charge is -2.16. The second-order valence-electron chi connectivity index (χ2n) is 3.15. The molecule has 0 fully saturated rings. The average Bonchev–Trinajstić information content (AvgIpc) is 2.05. The first-order valence-electron chi connectivity index (χ1n) is 4.20. The molecule has 0 aromatic heterocycles. The van der Waals surface area contributed by atoms with Crippen molar-refractivity contribution in [3.63, 3.8) is 0 Å². The van der Waals surface area contributed by atoms with Crippen LogP contribution < -0.4 is 5.73 Å². The molecule has 2 heteroatoms. The van der Waals surface area contributed by atoms with Crippen LogP contribution in [0.3, 0.4) is 0 Å². The van der Waals surface area contributed by atoms with E-state index in [1.54, 1.807) is 0 Å². The molecule has 1 aliphatic rings. The number of carbonyl (C=O) groups is 1. The van der Waals surface area contributed by atoms with Crippen molar-refractivity contribution in [3.8, 4) is 0 Å². The molecule has 1 amide bonds. The minimum absolute atomic E-state index is 0.0460. The summed E-state index contributed by atoms with van der Waals surface area (Å²) < 4.78 is 0. The standard InChI is InChI=1S/C9H15NO/c1-7(9(10)11)8-5-3-2-4-6-8/h5,7H,2-4,6H2,1H3,(H2,10,11). The molecule has 0 radical (unpaired) electrons. The van der Waals surface area contributed by atoms with Crippen LogP contribution in [0.4, 0.5) is 0 Å². The van der Waals surface area contributed by atoms with Gasteiger partial charge in [-0.1, -0.05) is 11.6 Å². The summed E-state index contributed by atoms with van der Waals surface area (Å²) in [5.41, 5.74) is 6.43. The van der Waals surface area contributed by atoms with Crippen LogP contribution in [0.25, 0.3) is 0 Å². The fourth-order valence-electron chi connectivity index (χ4n) is 1.44. The summed E-state index contributed by atoms with van der Waals surface area (Å²) in [7, 11) is 0. The van der Waals surface area contributed by atoms with Gasteiger partial charge in [0.2, 0.25) is 5.91 Å². The van der Waals surface area contributed by atoms with E-state index in [-0.39, 0.29) is 11.8 Å². The SMILES string of the molecule is CC(C(N)=O)C1=CCCCC1. The van der Waals surface area contributed by atoms with Crippen LogP contribution in [0.15, 0.2) is 11.6 Å². The maximum absolute atomic E-state index is 10.8. The van der Waals surface area contributed by atoms with E-state index in [2.05, 4.69) is 6.08 Å². The van der Waals surface area contributed by atoms with Crippen LogP contribution in [0.1, 0.15) is 32.6 Å². The maximum Gasteiger partial charge on any atom is 0.224 e. The summed E-state index contributed by atoms with van der Waals surface area (Å²) in [5.74, 6) is -0.242.